The van der Waals surface area contributed by atoms with Crippen molar-refractivity contribution in [2.24, 2.45) is 5.73 Å². The van der Waals surface area contributed by atoms with Crippen LogP contribution in [0.2, 0.25) is 0 Å². The lowest BCUT2D eigenvalue weighted by molar-refractivity contribution is -0.143. The van der Waals surface area contributed by atoms with E-state index in [1.165, 1.54) is 25.2 Å². The topological polar surface area (TPSA) is 105 Å². The molecule has 0 aliphatic carbocycles. The summed E-state index contributed by atoms with van der Waals surface area (Å²) in [6.45, 7) is 3.30. The molecular formula is C10H15N3O3S. The van der Waals surface area contributed by atoms with Crippen molar-refractivity contribution in [1.82, 2.24) is 10.3 Å². The molecule has 0 saturated heterocycles. The zero-order chi connectivity index (χ0) is 13.1. The summed E-state index contributed by atoms with van der Waals surface area (Å²) in [5.74, 6) is -1.58. The Kier molecular flexibility index (Phi) is 4.19. The quantitative estimate of drug-likeness (QED) is 0.700. The Hall–Kier alpha value is -1.47. The van der Waals surface area contributed by atoms with Crippen LogP contribution in [0.25, 0.3) is 0 Å². The molecule has 4 N–H and O–H groups in total. The normalized spacial score (nSPS) is 11.2. The fourth-order valence-electron chi connectivity index (χ4n) is 1.05. The third-order valence-electron chi connectivity index (χ3n) is 2.10. The van der Waals surface area contributed by atoms with E-state index in [0.717, 1.165) is 5.01 Å². The first-order valence-corrected chi connectivity index (χ1v) is 5.95. The van der Waals surface area contributed by atoms with Gasteiger partial charge >= 0.3 is 5.97 Å². The van der Waals surface area contributed by atoms with Gasteiger partial charge in [0.15, 0.2) is 0 Å². The molecule has 1 aromatic rings. The molecule has 0 saturated carbocycles. The van der Waals surface area contributed by atoms with Crippen LogP contribution >= 0.6 is 11.3 Å². The van der Waals surface area contributed by atoms with Crippen LogP contribution in [-0.2, 0) is 11.2 Å². The molecule has 0 aromatic carbocycles. The second kappa shape index (κ2) is 5.24. The van der Waals surface area contributed by atoms with E-state index in [0.29, 0.717) is 13.0 Å². The van der Waals surface area contributed by atoms with E-state index < -0.39 is 17.4 Å². The Labute approximate surface area is 103 Å². The maximum atomic E-state index is 11.7. The van der Waals surface area contributed by atoms with Crippen LogP contribution in [0.5, 0.6) is 0 Å². The number of carbonyl (C=O) groups excluding carboxylic acids is 1. The number of nitrogens with zero attached hydrogens (tertiary/aromatic N) is 1. The molecule has 0 spiro atoms. The van der Waals surface area contributed by atoms with E-state index in [2.05, 4.69) is 10.3 Å². The zero-order valence-corrected chi connectivity index (χ0v) is 10.5. The summed E-state index contributed by atoms with van der Waals surface area (Å²) in [5, 5.41) is 13.6. The summed E-state index contributed by atoms with van der Waals surface area (Å²) < 4.78 is 0. The first-order chi connectivity index (χ1) is 7.86. The third-order valence-corrected chi connectivity index (χ3v) is 3.01. The fourth-order valence-corrected chi connectivity index (χ4v) is 1.85. The number of rotatable bonds is 5. The number of carboxylic acid groups (broad SMARTS) is 1. The van der Waals surface area contributed by atoms with Crippen molar-refractivity contribution >= 4 is 23.2 Å². The maximum Gasteiger partial charge on any atom is 0.328 e. The molecule has 0 aliphatic rings. The van der Waals surface area contributed by atoms with Crippen LogP contribution in [0, 0.1) is 0 Å². The predicted molar refractivity (Wildman–Crippen MR) is 64.1 cm³/mol. The van der Waals surface area contributed by atoms with E-state index in [9.17, 15) is 9.59 Å². The van der Waals surface area contributed by atoms with Crippen LogP contribution in [0.15, 0.2) is 5.38 Å². The lowest BCUT2D eigenvalue weighted by atomic mass is 10.1. The maximum absolute atomic E-state index is 11.7. The smallest absolute Gasteiger partial charge is 0.328 e. The van der Waals surface area contributed by atoms with Crippen LogP contribution in [0.4, 0.5) is 0 Å². The number of aliphatic carboxylic acids is 1. The van der Waals surface area contributed by atoms with Gasteiger partial charge in [0.2, 0.25) is 0 Å². The van der Waals surface area contributed by atoms with Gasteiger partial charge in [-0.1, -0.05) is 0 Å². The minimum atomic E-state index is -1.31. The average molecular weight is 257 g/mol. The summed E-state index contributed by atoms with van der Waals surface area (Å²) >= 11 is 1.34. The molecule has 1 heterocycles. The number of aromatic nitrogens is 1. The van der Waals surface area contributed by atoms with Crippen molar-refractivity contribution in [2.45, 2.75) is 25.8 Å². The van der Waals surface area contributed by atoms with E-state index in [1.807, 2.05) is 0 Å². The van der Waals surface area contributed by atoms with E-state index in [4.69, 9.17) is 10.8 Å². The number of thiazole rings is 1. The molecule has 0 unspecified atom stereocenters. The monoisotopic (exact) mass is 257 g/mol. The first-order valence-electron chi connectivity index (χ1n) is 5.07. The second-order valence-corrected chi connectivity index (χ2v) is 4.99. The summed E-state index contributed by atoms with van der Waals surface area (Å²) in [4.78, 5) is 26.6. The van der Waals surface area contributed by atoms with Gasteiger partial charge in [0.25, 0.3) is 5.91 Å². The highest BCUT2D eigenvalue weighted by molar-refractivity contribution is 7.09. The molecule has 94 valence electrons. The van der Waals surface area contributed by atoms with Gasteiger partial charge in [0, 0.05) is 11.8 Å². The number of nitrogens with two attached hydrogens (primary N) is 1. The van der Waals surface area contributed by atoms with Crippen molar-refractivity contribution in [1.29, 1.82) is 0 Å². The molecule has 17 heavy (non-hydrogen) atoms. The molecule has 7 heteroatoms. The average Bonchev–Trinajstić information content (AvgIpc) is 2.66. The van der Waals surface area contributed by atoms with Crippen molar-refractivity contribution < 1.29 is 14.7 Å². The Bertz CT molecular complexity index is 428. The van der Waals surface area contributed by atoms with E-state index >= 15 is 0 Å². The van der Waals surface area contributed by atoms with Gasteiger partial charge in [0.1, 0.15) is 11.2 Å². The predicted octanol–water partition coefficient (Wildman–Crippen LogP) is 0.237. The molecular weight excluding hydrogens is 242 g/mol. The number of amides is 1. The minimum Gasteiger partial charge on any atom is -0.480 e. The molecule has 0 bridgehead atoms. The highest BCUT2D eigenvalue weighted by atomic mass is 32.1. The molecule has 0 fully saturated rings. The summed E-state index contributed by atoms with van der Waals surface area (Å²) in [7, 11) is 0. The zero-order valence-electron chi connectivity index (χ0n) is 9.69. The summed E-state index contributed by atoms with van der Waals surface area (Å²) in [6.07, 6.45) is 0.611. The third kappa shape index (κ3) is 3.50. The fraction of sp³-hybridized carbons (Fsp3) is 0.500. The van der Waals surface area contributed by atoms with Gasteiger partial charge < -0.3 is 16.2 Å². The Morgan fingerprint density at radius 1 is 1.59 bits per heavy atom. The minimum absolute atomic E-state index is 0.229. The Morgan fingerprint density at radius 3 is 2.76 bits per heavy atom. The van der Waals surface area contributed by atoms with Gasteiger partial charge in [0.05, 0.1) is 5.01 Å². The van der Waals surface area contributed by atoms with Crippen molar-refractivity contribution in [3.8, 4) is 0 Å². The molecule has 1 rings (SSSR count). The van der Waals surface area contributed by atoms with Crippen LogP contribution in [0.3, 0.4) is 0 Å². The molecule has 0 radical (unpaired) electrons. The van der Waals surface area contributed by atoms with Crippen molar-refractivity contribution in [3.05, 3.63) is 16.1 Å². The largest absolute Gasteiger partial charge is 0.480 e. The van der Waals surface area contributed by atoms with E-state index in [-0.39, 0.29) is 5.69 Å². The molecule has 1 amide bonds. The van der Waals surface area contributed by atoms with Crippen molar-refractivity contribution in [2.75, 3.05) is 6.54 Å². The highest BCUT2D eigenvalue weighted by Crippen LogP contribution is 2.11. The molecule has 0 aliphatic heterocycles. The lowest BCUT2D eigenvalue weighted by Gasteiger charge is -2.20. The second-order valence-electron chi connectivity index (χ2n) is 4.05. The Balaban J connectivity index is 2.73. The SMILES string of the molecule is CC(C)(NC(=O)c1csc(CCN)n1)C(=O)O. The number of nitrogens with one attached hydrogen (secondary N) is 1. The summed E-state index contributed by atoms with van der Waals surface area (Å²) in [5.41, 5.74) is 4.29. The van der Waals surface area contributed by atoms with Crippen molar-refractivity contribution in [3.63, 3.8) is 0 Å². The highest BCUT2D eigenvalue weighted by Gasteiger charge is 2.29. The Morgan fingerprint density at radius 2 is 2.24 bits per heavy atom. The number of hydrogen-bond donors (Lipinski definition) is 3. The van der Waals surface area contributed by atoms with Crippen LogP contribution in [0.1, 0.15) is 29.3 Å². The van der Waals surface area contributed by atoms with Gasteiger partial charge in [-0.05, 0) is 20.4 Å². The van der Waals surface area contributed by atoms with Gasteiger partial charge in [-0.15, -0.1) is 11.3 Å². The molecule has 1 aromatic heterocycles. The van der Waals surface area contributed by atoms with E-state index in [1.54, 1.807) is 5.38 Å². The molecule has 6 nitrogen and oxygen atoms in total. The number of carbonyl (C=O) groups is 2. The number of hydrogen-bond acceptors (Lipinski definition) is 5. The van der Waals surface area contributed by atoms with Gasteiger partial charge in [-0.2, -0.15) is 0 Å². The standard InChI is InChI=1S/C10H15N3O3S/c1-10(2,9(15)16)13-8(14)6-5-17-7(12-6)3-4-11/h5H,3-4,11H2,1-2H3,(H,13,14)(H,15,16). The van der Waals surface area contributed by atoms with Gasteiger partial charge in [-0.3, -0.25) is 4.79 Å². The first kappa shape index (κ1) is 13.6. The lowest BCUT2D eigenvalue weighted by Crippen LogP contribution is -2.49. The summed E-state index contributed by atoms with van der Waals surface area (Å²) in [6, 6.07) is 0. The number of carboxylic acids is 1. The van der Waals surface area contributed by atoms with Gasteiger partial charge in [-0.25, -0.2) is 9.78 Å². The van der Waals surface area contributed by atoms with Crippen LogP contribution < -0.4 is 11.1 Å². The van der Waals surface area contributed by atoms with Crippen LogP contribution in [-0.4, -0.2) is 34.1 Å². The molecule has 0 atom stereocenters.